The van der Waals surface area contributed by atoms with E-state index < -0.39 is 10.0 Å². The van der Waals surface area contributed by atoms with Crippen molar-refractivity contribution in [3.63, 3.8) is 0 Å². The molecule has 1 aromatic carbocycles. The van der Waals surface area contributed by atoms with Gasteiger partial charge in [0.2, 0.25) is 21.7 Å². The maximum Gasteiger partial charge on any atom is 0.226 e. The Balaban J connectivity index is 1.54. The fourth-order valence-corrected chi connectivity index (χ4v) is 5.32. The Bertz CT molecular complexity index is 1160. The van der Waals surface area contributed by atoms with Crippen molar-refractivity contribution < 1.29 is 12.9 Å². The van der Waals surface area contributed by atoms with E-state index in [1.807, 2.05) is 39.0 Å². The zero-order valence-electron chi connectivity index (χ0n) is 17.4. The molecule has 0 saturated carbocycles. The molecule has 8 nitrogen and oxygen atoms in total. The molecule has 0 radical (unpaired) electrons. The minimum atomic E-state index is -3.42. The average molecular weight is 428 g/mol. The summed E-state index contributed by atoms with van der Waals surface area (Å²) < 4.78 is 32.8. The standard InChI is InChI=1S/C21H25N5O3S/c1-4-19-24-21(25-29-19)18-10-22-13-23-20(18)17-7-8-26(11-17)30(27,28)12-16-6-5-14(2)15(3)9-16/h5-6,9-10,13,17H,4,7-8,11-12H2,1-3H3/t17-/m0/s1. The molecule has 0 aliphatic carbocycles. The van der Waals surface area contributed by atoms with Gasteiger partial charge in [-0.15, -0.1) is 0 Å². The van der Waals surface area contributed by atoms with E-state index in [2.05, 4.69) is 20.1 Å². The quantitative estimate of drug-likeness (QED) is 0.596. The lowest BCUT2D eigenvalue weighted by Crippen LogP contribution is -2.30. The summed E-state index contributed by atoms with van der Waals surface area (Å²) >= 11 is 0. The van der Waals surface area contributed by atoms with Crippen molar-refractivity contribution in [2.45, 2.75) is 45.3 Å². The SMILES string of the molecule is CCc1nc(-c2cncnc2[C@H]2CCN(S(=O)(=O)Cc3ccc(C)c(C)c3)C2)no1. The van der Waals surface area contributed by atoms with Gasteiger partial charge < -0.3 is 4.52 Å². The maximum atomic E-state index is 13.0. The first-order chi connectivity index (χ1) is 14.4. The van der Waals surface area contributed by atoms with Crippen LogP contribution in [-0.2, 0) is 22.2 Å². The van der Waals surface area contributed by atoms with Crippen LogP contribution in [0.5, 0.6) is 0 Å². The van der Waals surface area contributed by atoms with Gasteiger partial charge in [0, 0.05) is 31.6 Å². The van der Waals surface area contributed by atoms with E-state index in [-0.39, 0.29) is 11.7 Å². The van der Waals surface area contributed by atoms with Crippen molar-refractivity contribution in [1.29, 1.82) is 0 Å². The third-order valence-electron chi connectivity index (χ3n) is 5.61. The van der Waals surface area contributed by atoms with Crippen LogP contribution in [0.2, 0.25) is 0 Å². The number of aryl methyl sites for hydroxylation is 3. The molecule has 1 atom stereocenters. The summed E-state index contributed by atoms with van der Waals surface area (Å²) in [4.78, 5) is 12.9. The van der Waals surface area contributed by atoms with Crippen LogP contribution in [0.3, 0.4) is 0 Å². The Morgan fingerprint density at radius 3 is 2.80 bits per heavy atom. The fourth-order valence-electron chi connectivity index (χ4n) is 3.74. The van der Waals surface area contributed by atoms with Crippen LogP contribution < -0.4 is 0 Å². The molecule has 30 heavy (non-hydrogen) atoms. The molecule has 2 aromatic heterocycles. The van der Waals surface area contributed by atoms with Gasteiger partial charge in [-0.05, 0) is 37.0 Å². The molecule has 1 fully saturated rings. The van der Waals surface area contributed by atoms with Crippen molar-refractivity contribution in [1.82, 2.24) is 24.4 Å². The smallest absolute Gasteiger partial charge is 0.226 e. The zero-order valence-corrected chi connectivity index (χ0v) is 18.2. The van der Waals surface area contributed by atoms with Crippen LogP contribution in [0.1, 0.15) is 47.5 Å². The van der Waals surface area contributed by atoms with E-state index in [1.165, 1.54) is 6.33 Å². The highest BCUT2D eigenvalue weighted by molar-refractivity contribution is 7.88. The summed E-state index contributed by atoms with van der Waals surface area (Å²) in [5.41, 5.74) is 4.51. The molecule has 158 valence electrons. The van der Waals surface area contributed by atoms with Crippen molar-refractivity contribution >= 4 is 10.0 Å². The van der Waals surface area contributed by atoms with Gasteiger partial charge >= 0.3 is 0 Å². The van der Waals surface area contributed by atoms with Crippen LogP contribution in [0.4, 0.5) is 0 Å². The largest absolute Gasteiger partial charge is 0.339 e. The molecule has 4 rings (SSSR count). The lowest BCUT2D eigenvalue weighted by molar-refractivity contribution is 0.382. The molecule has 1 aliphatic rings. The van der Waals surface area contributed by atoms with Gasteiger partial charge in [-0.1, -0.05) is 30.3 Å². The summed E-state index contributed by atoms with van der Waals surface area (Å²) in [5.74, 6) is 0.950. The van der Waals surface area contributed by atoms with Crippen molar-refractivity contribution in [3.05, 3.63) is 59.0 Å². The molecule has 3 heterocycles. The van der Waals surface area contributed by atoms with Gasteiger partial charge in [-0.25, -0.2) is 22.7 Å². The molecule has 0 amide bonds. The highest BCUT2D eigenvalue weighted by Crippen LogP contribution is 2.33. The second kappa shape index (κ2) is 8.23. The molecule has 0 bridgehead atoms. The third kappa shape index (κ3) is 4.13. The molecule has 0 unspecified atom stereocenters. The van der Waals surface area contributed by atoms with Crippen LogP contribution in [-0.4, -0.2) is 45.9 Å². The molecule has 3 aromatic rings. The van der Waals surface area contributed by atoms with Gasteiger partial charge in [0.15, 0.2) is 0 Å². The summed E-state index contributed by atoms with van der Waals surface area (Å²) in [5, 5.41) is 4.03. The number of hydrogen-bond acceptors (Lipinski definition) is 7. The Kier molecular flexibility index (Phi) is 5.66. The topological polar surface area (TPSA) is 102 Å². The molecule has 1 aliphatic heterocycles. The number of sulfonamides is 1. The number of nitrogens with zero attached hydrogens (tertiary/aromatic N) is 5. The Labute approximate surface area is 176 Å². The summed E-state index contributed by atoms with van der Waals surface area (Å²) in [6.07, 6.45) is 4.48. The second-order valence-corrected chi connectivity index (χ2v) is 9.67. The van der Waals surface area contributed by atoms with Gasteiger partial charge in [0.25, 0.3) is 0 Å². The number of rotatable bonds is 6. The Hall–Kier alpha value is -2.65. The predicted octanol–water partition coefficient (Wildman–Crippen LogP) is 3.03. The lowest BCUT2D eigenvalue weighted by Gasteiger charge is -2.17. The van der Waals surface area contributed by atoms with Gasteiger partial charge in [0.1, 0.15) is 6.33 Å². The van der Waals surface area contributed by atoms with Crippen LogP contribution in [0.15, 0.2) is 35.2 Å². The first kappa shape index (κ1) is 20.6. The van der Waals surface area contributed by atoms with Crippen molar-refractivity contribution in [3.8, 4) is 11.4 Å². The first-order valence-electron chi connectivity index (χ1n) is 10.0. The molecule has 9 heteroatoms. The van der Waals surface area contributed by atoms with Crippen LogP contribution in [0, 0.1) is 13.8 Å². The molecular weight excluding hydrogens is 402 g/mol. The first-order valence-corrected chi connectivity index (χ1v) is 11.6. The molecule has 0 N–H and O–H groups in total. The maximum absolute atomic E-state index is 13.0. The second-order valence-electron chi connectivity index (χ2n) is 7.71. The Morgan fingerprint density at radius 1 is 1.23 bits per heavy atom. The van der Waals surface area contributed by atoms with E-state index in [4.69, 9.17) is 4.52 Å². The average Bonchev–Trinajstić information content (AvgIpc) is 3.40. The summed E-state index contributed by atoms with van der Waals surface area (Å²) in [7, 11) is -3.42. The lowest BCUT2D eigenvalue weighted by atomic mass is 10.00. The van der Waals surface area contributed by atoms with Crippen molar-refractivity contribution in [2.24, 2.45) is 0 Å². The van der Waals surface area contributed by atoms with Crippen LogP contribution in [0.25, 0.3) is 11.4 Å². The highest BCUT2D eigenvalue weighted by atomic mass is 32.2. The van der Waals surface area contributed by atoms with Gasteiger partial charge in [0.05, 0.1) is 17.0 Å². The minimum absolute atomic E-state index is 0.00216. The third-order valence-corrected chi connectivity index (χ3v) is 7.42. The van der Waals surface area contributed by atoms with E-state index in [0.29, 0.717) is 43.2 Å². The number of hydrogen-bond donors (Lipinski definition) is 0. The van der Waals surface area contributed by atoms with Gasteiger partial charge in [-0.2, -0.15) is 4.98 Å². The Morgan fingerprint density at radius 2 is 2.07 bits per heavy atom. The summed E-state index contributed by atoms with van der Waals surface area (Å²) in [6, 6.07) is 5.80. The van der Waals surface area contributed by atoms with E-state index in [0.717, 1.165) is 22.4 Å². The highest BCUT2D eigenvalue weighted by Gasteiger charge is 2.34. The van der Waals surface area contributed by atoms with Gasteiger partial charge in [-0.3, -0.25) is 0 Å². The zero-order chi connectivity index (χ0) is 21.3. The van der Waals surface area contributed by atoms with E-state index in [1.54, 1.807) is 10.5 Å². The van der Waals surface area contributed by atoms with E-state index >= 15 is 0 Å². The number of benzene rings is 1. The van der Waals surface area contributed by atoms with Crippen molar-refractivity contribution in [2.75, 3.05) is 13.1 Å². The van der Waals surface area contributed by atoms with Crippen LogP contribution >= 0.6 is 0 Å². The number of aromatic nitrogens is 4. The monoisotopic (exact) mass is 427 g/mol. The summed E-state index contributed by atoms with van der Waals surface area (Å²) in [6.45, 7) is 6.80. The minimum Gasteiger partial charge on any atom is -0.339 e. The fraction of sp³-hybridized carbons (Fsp3) is 0.429. The predicted molar refractivity (Wildman–Crippen MR) is 112 cm³/mol. The molecular formula is C21H25N5O3S. The normalized spacial score (nSPS) is 17.5. The van der Waals surface area contributed by atoms with E-state index in [9.17, 15) is 8.42 Å². The molecule has 0 spiro atoms. The molecule has 1 saturated heterocycles.